The maximum Gasteiger partial charge on any atom is 0.303 e. The van der Waals surface area contributed by atoms with Crippen molar-refractivity contribution in [2.24, 2.45) is 0 Å². The Balaban J connectivity index is 2.04. The fraction of sp³-hybridized carbons (Fsp3) is 0.500. The number of rotatable bonds is 5. The number of carbonyl (C=O) groups is 3. The van der Waals surface area contributed by atoms with E-state index in [0.717, 1.165) is 18.5 Å². The van der Waals surface area contributed by atoms with Crippen molar-refractivity contribution in [2.75, 3.05) is 6.54 Å². The van der Waals surface area contributed by atoms with Gasteiger partial charge in [0.05, 0.1) is 0 Å². The molecular formula is C14H18N2O4. The Morgan fingerprint density at radius 3 is 2.75 bits per heavy atom. The van der Waals surface area contributed by atoms with Crippen LogP contribution in [0.4, 0.5) is 0 Å². The Hall–Kier alpha value is -2.11. The largest absolute Gasteiger partial charge is 0.481 e. The minimum Gasteiger partial charge on any atom is -0.481 e. The summed E-state index contributed by atoms with van der Waals surface area (Å²) in [6.07, 6.45) is 2.55. The molecule has 1 heterocycles. The summed E-state index contributed by atoms with van der Waals surface area (Å²) in [6.45, 7) is 2.08. The highest BCUT2D eigenvalue weighted by atomic mass is 16.4. The van der Waals surface area contributed by atoms with Gasteiger partial charge in [-0.1, -0.05) is 0 Å². The van der Waals surface area contributed by atoms with Gasteiger partial charge in [-0.05, 0) is 31.7 Å². The first-order chi connectivity index (χ1) is 9.50. The number of carboxylic acids is 1. The SMILES string of the molecule is Cc1c(C(=O)NCCCC(=O)O)[nH]c2c1C(=O)CCC2. The van der Waals surface area contributed by atoms with Crippen LogP contribution < -0.4 is 5.32 Å². The summed E-state index contributed by atoms with van der Waals surface area (Å²) in [6, 6.07) is 0. The number of carboxylic acid groups (broad SMARTS) is 1. The smallest absolute Gasteiger partial charge is 0.303 e. The number of fused-ring (bicyclic) bond motifs is 1. The van der Waals surface area contributed by atoms with Crippen molar-refractivity contribution < 1.29 is 19.5 Å². The number of hydrogen-bond acceptors (Lipinski definition) is 3. The molecule has 0 spiro atoms. The van der Waals surface area contributed by atoms with E-state index in [-0.39, 0.29) is 18.1 Å². The third kappa shape index (κ3) is 2.89. The minimum absolute atomic E-state index is 0.0268. The third-order valence-electron chi connectivity index (χ3n) is 3.52. The molecule has 0 atom stereocenters. The average molecular weight is 278 g/mol. The van der Waals surface area contributed by atoms with Crippen molar-refractivity contribution >= 4 is 17.7 Å². The molecule has 0 saturated carbocycles. The highest BCUT2D eigenvalue weighted by Crippen LogP contribution is 2.26. The molecule has 108 valence electrons. The van der Waals surface area contributed by atoms with Gasteiger partial charge in [0.1, 0.15) is 5.69 Å². The van der Waals surface area contributed by atoms with Crippen molar-refractivity contribution in [3.05, 3.63) is 22.5 Å². The molecule has 1 aromatic heterocycles. The number of hydrogen-bond donors (Lipinski definition) is 3. The van der Waals surface area contributed by atoms with Crippen LogP contribution in [0.1, 0.15) is 57.8 Å². The molecule has 0 unspecified atom stereocenters. The summed E-state index contributed by atoms with van der Waals surface area (Å²) >= 11 is 0. The predicted molar refractivity (Wildman–Crippen MR) is 72.0 cm³/mol. The molecule has 3 N–H and O–H groups in total. The van der Waals surface area contributed by atoms with Gasteiger partial charge in [0.25, 0.3) is 5.91 Å². The van der Waals surface area contributed by atoms with Crippen molar-refractivity contribution in [2.45, 2.75) is 39.0 Å². The Morgan fingerprint density at radius 1 is 1.35 bits per heavy atom. The number of carbonyl (C=O) groups excluding carboxylic acids is 2. The fourth-order valence-electron chi connectivity index (χ4n) is 2.53. The van der Waals surface area contributed by atoms with E-state index in [1.165, 1.54) is 0 Å². The lowest BCUT2D eigenvalue weighted by atomic mass is 9.94. The van der Waals surface area contributed by atoms with Gasteiger partial charge in [-0.15, -0.1) is 0 Å². The maximum atomic E-state index is 12.0. The first-order valence-electron chi connectivity index (χ1n) is 6.75. The van der Waals surface area contributed by atoms with E-state index in [4.69, 9.17) is 5.11 Å². The van der Waals surface area contributed by atoms with E-state index < -0.39 is 5.97 Å². The Labute approximate surface area is 116 Å². The topological polar surface area (TPSA) is 99.3 Å². The monoisotopic (exact) mass is 278 g/mol. The van der Waals surface area contributed by atoms with Crippen LogP contribution in [0.25, 0.3) is 0 Å². The molecular weight excluding hydrogens is 260 g/mol. The molecule has 2 rings (SSSR count). The second-order valence-electron chi connectivity index (χ2n) is 5.01. The van der Waals surface area contributed by atoms with Crippen LogP contribution in [0.2, 0.25) is 0 Å². The molecule has 1 amide bonds. The lowest BCUT2D eigenvalue weighted by Gasteiger charge is -2.09. The first-order valence-corrected chi connectivity index (χ1v) is 6.75. The number of aliphatic carboxylic acids is 1. The zero-order valence-corrected chi connectivity index (χ0v) is 11.4. The molecule has 1 aliphatic rings. The molecule has 1 aromatic rings. The standard InChI is InChI=1S/C14H18N2O4/c1-8-12-9(4-2-5-10(12)17)16-13(8)14(20)15-7-3-6-11(18)19/h16H,2-7H2,1H3,(H,15,20)(H,18,19). The van der Waals surface area contributed by atoms with E-state index in [9.17, 15) is 14.4 Å². The normalized spacial score (nSPS) is 13.9. The van der Waals surface area contributed by atoms with E-state index in [2.05, 4.69) is 10.3 Å². The Kier molecular flexibility index (Phi) is 4.22. The molecule has 0 aliphatic heterocycles. The molecule has 0 saturated heterocycles. The van der Waals surface area contributed by atoms with Crippen LogP contribution in [0, 0.1) is 6.92 Å². The highest BCUT2D eigenvalue weighted by Gasteiger charge is 2.26. The maximum absolute atomic E-state index is 12.0. The van der Waals surface area contributed by atoms with Crippen LogP contribution in [0.5, 0.6) is 0 Å². The van der Waals surface area contributed by atoms with Gasteiger partial charge in [0.15, 0.2) is 5.78 Å². The first kappa shape index (κ1) is 14.3. The summed E-state index contributed by atoms with van der Waals surface area (Å²) in [5.74, 6) is -1.07. The van der Waals surface area contributed by atoms with Gasteiger partial charge in [-0.3, -0.25) is 14.4 Å². The zero-order valence-electron chi connectivity index (χ0n) is 11.4. The molecule has 20 heavy (non-hydrogen) atoms. The van der Waals surface area contributed by atoms with Crippen molar-refractivity contribution in [3.8, 4) is 0 Å². The van der Waals surface area contributed by atoms with Crippen LogP contribution in [-0.2, 0) is 11.2 Å². The molecule has 0 radical (unpaired) electrons. The quantitative estimate of drug-likeness (QED) is 0.709. The van der Waals surface area contributed by atoms with E-state index in [1.54, 1.807) is 6.92 Å². The van der Waals surface area contributed by atoms with Gasteiger partial charge < -0.3 is 15.4 Å². The summed E-state index contributed by atoms with van der Waals surface area (Å²) < 4.78 is 0. The molecule has 6 heteroatoms. The van der Waals surface area contributed by atoms with Gasteiger partial charge in [0, 0.05) is 30.6 Å². The fourth-order valence-corrected chi connectivity index (χ4v) is 2.53. The third-order valence-corrected chi connectivity index (χ3v) is 3.52. The van der Waals surface area contributed by atoms with Crippen LogP contribution in [-0.4, -0.2) is 34.3 Å². The lowest BCUT2D eigenvalue weighted by Crippen LogP contribution is -2.26. The number of nitrogens with one attached hydrogen (secondary N) is 2. The second kappa shape index (κ2) is 5.90. The number of aryl methyl sites for hydroxylation is 1. The highest BCUT2D eigenvalue weighted by molar-refractivity contribution is 6.04. The molecule has 6 nitrogen and oxygen atoms in total. The Bertz CT molecular complexity index is 560. The van der Waals surface area contributed by atoms with Gasteiger partial charge in [0.2, 0.25) is 0 Å². The van der Waals surface area contributed by atoms with Crippen LogP contribution in [0.3, 0.4) is 0 Å². The van der Waals surface area contributed by atoms with Crippen molar-refractivity contribution in [1.29, 1.82) is 0 Å². The number of aromatic amines is 1. The Morgan fingerprint density at radius 2 is 2.10 bits per heavy atom. The number of H-pyrrole nitrogens is 1. The lowest BCUT2D eigenvalue weighted by molar-refractivity contribution is -0.137. The summed E-state index contributed by atoms with van der Waals surface area (Å²) in [5.41, 5.74) is 2.61. The van der Waals surface area contributed by atoms with E-state index in [1.807, 2.05) is 0 Å². The summed E-state index contributed by atoms with van der Waals surface area (Å²) in [5, 5.41) is 11.2. The van der Waals surface area contributed by atoms with E-state index >= 15 is 0 Å². The van der Waals surface area contributed by atoms with Crippen LogP contribution in [0.15, 0.2) is 0 Å². The van der Waals surface area contributed by atoms with Gasteiger partial charge >= 0.3 is 5.97 Å². The molecule has 0 bridgehead atoms. The minimum atomic E-state index is -0.878. The molecule has 0 fully saturated rings. The number of aromatic nitrogens is 1. The number of amides is 1. The number of Topliss-reactive ketones (excluding diaryl/α,β-unsaturated/α-hetero) is 1. The number of ketones is 1. The summed E-state index contributed by atoms with van der Waals surface area (Å²) in [7, 11) is 0. The second-order valence-corrected chi connectivity index (χ2v) is 5.01. The molecule has 0 aromatic carbocycles. The van der Waals surface area contributed by atoms with Crippen molar-refractivity contribution in [1.82, 2.24) is 10.3 Å². The van der Waals surface area contributed by atoms with Gasteiger partial charge in [-0.25, -0.2) is 0 Å². The predicted octanol–water partition coefficient (Wildman–Crippen LogP) is 1.44. The summed E-state index contributed by atoms with van der Waals surface area (Å²) in [4.78, 5) is 37.3. The van der Waals surface area contributed by atoms with E-state index in [0.29, 0.717) is 36.2 Å². The van der Waals surface area contributed by atoms with Crippen LogP contribution >= 0.6 is 0 Å². The molecule has 1 aliphatic carbocycles. The van der Waals surface area contributed by atoms with Gasteiger partial charge in [-0.2, -0.15) is 0 Å². The zero-order chi connectivity index (χ0) is 14.7. The average Bonchev–Trinajstić information content (AvgIpc) is 2.73. The van der Waals surface area contributed by atoms with Crippen molar-refractivity contribution in [3.63, 3.8) is 0 Å².